The van der Waals surface area contributed by atoms with Gasteiger partial charge in [0.05, 0.1) is 18.4 Å². The third-order valence-corrected chi connectivity index (χ3v) is 3.07. The van der Waals surface area contributed by atoms with Crippen molar-refractivity contribution in [1.82, 2.24) is 10.6 Å². The summed E-state index contributed by atoms with van der Waals surface area (Å²) in [6.45, 7) is 6.15. The van der Waals surface area contributed by atoms with E-state index in [-0.39, 0.29) is 36.1 Å². The van der Waals surface area contributed by atoms with E-state index >= 15 is 0 Å². The predicted octanol–water partition coefficient (Wildman–Crippen LogP) is 0.867. The summed E-state index contributed by atoms with van der Waals surface area (Å²) in [5, 5.41) is 6.03. The van der Waals surface area contributed by atoms with Gasteiger partial charge in [-0.2, -0.15) is 0 Å². The van der Waals surface area contributed by atoms with E-state index in [0.29, 0.717) is 19.7 Å². The van der Waals surface area contributed by atoms with Crippen LogP contribution in [0.4, 0.5) is 0 Å². The number of esters is 1. The summed E-state index contributed by atoms with van der Waals surface area (Å²) in [7, 11) is 0. The Bertz CT molecular complexity index is 278. The largest absolute Gasteiger partial charge is 0.466 e. The van der Waals surface area contributed by atoms with Crippen LogP contribution >= 0.6 is 12.4 Å². The van der Waals surface area contributed by atoms with Crippen LogP contribution in [0.1, 0.15) is 33.1 Å². The minimum atomic E-state index is -0.340. The summed E-state index contributed by atoms with van der Waals surface area (Å²) in [5.41, 5.74) is -0.340. The van der Waals surface area contributed by atoms with Crippen molar-refractivity contribution in [3.05, 3.63) is 0 Å². The van der Waals surface area contributed by atoms with Crippen molar-refractivity contribution in [3.8, 4) is 0 Å². The van der Waals surface area contributed by atoms with Crippen LogP contribution < -0.4 is 10.6 Å². The van der Waals surface area contributed by atoms with E-state index in [2.05, 4.69) is 10.6 Å². The van der Waals surface area contributed by atoms with E-state index in [1.54, 1.807) is 6.92 Å². The van der Waals surface area contributed by atoms with Gasteiger partial charge in [0, 0.05) is 13.1 Å². The number of piperidine rings is 1. The van der Waals surface area contributed by atoms with Crippen molar-refractivity contribution < 1.29 is 14.3 Å². The lowest BCUT2D eigenvalue weighted by atomic mass is 9.82. The summed E-state index contributed by atoms with van der Waals surface area (Å²) in [6, 6.07) is 0. The average molecular weight is 279 g/mol. The second-order valence-electron chi connectivity index (χ2n) is 4.65. The van der Waals surface area contributed by atoms with E-state index in [4.69, 9.17) is 4.74 Å². The molecule has 1 saturated heterocycles. The molecule has 2 N–H and O–H groups in total. The number of rotatable bonds is 5. The molecule has 0 radical (unpaired) electrons. The quantitative estimate of drug-likeness (QED) is 0.732. The van der Waals surface area contributed by atoms with Crippen LogP contribution in [0.2, 0.25) is 0 Å². The van der Waals surface area contributed by atoms with Gasteiger partial charge < -0.3 is 15.4 Å². The number of halogens is 1. The minimum absolute atomic E-state index is 0. The topological polar surface area (TPSA) is 67.4 Å². The molecule has 18 heavy (non-hydrogen) atoms. The lowest BCUT2D eigenvalue weighted by Gasteiger charge is -2.32. The van der Waals surface area contributed by atoms with E-state index < -0.39 is 0 Å². The molecule has 0 aromatic carbocycles. The molecular weight excluding hydrogens is 256 g/mol. The van der Waals surface area contributed by atoms with E-state index in [1.165, 1.54) is 0 Å². The van der Waals surface area contributed by atoms with Gasteiger partial charge in [-0.05, 0) is 33.2 Å². The van der Waals surface area contributed by atoms with Gasteiger partial charge in [-0.1, -0.05) is 0 Å². The Morgan fingerprint density at radius 1 is 1.44 bits per heavy atom. The highest BCUT2D eigenvalue weighted by atomic mass is 35.5. The van der Waals surface area contributed by atoms with Crippen LogP contribution in [-0.2, 0) is 14.3 Å². The van der Waals surface area contributed by atoms with E-state index in [1.807, 2.05) is 6.92 Å². The molecule has 0 spiro atoms. The van der Waals surface area contributed by atoms with Gasteiger partial charge in [-0.15, -0.1) is 12.4 Å². The first-order valence-corrected chi connectivity index (χ1v) is 6.23. The smallest absolute Gasteiger partial charge is 0.307 e. The van der Waals surface area contributed by atoms with Crippen molar-refractivity contribution in [2.45, 2.75) is 33.1 Å². The minimum Gasteiger partial charge on any atom is -0.466 e. The van der Waals surface area contributed by atoms with Crippen LogP contribution in [0.3, 0.4) is 0 Å². The van der Waals surface area contributed by atoms with Gasteiger partial charge in [-0.3, -0.25) is 9.59 Å². The number of nitrogens with one attached hydrogen (secondary N) is 2. The van der Waals surface area contributed by atoms with Crippen LogP contribution in [0.15, 0.2) is 0 Å². The molecule has 1 rings (SSSR count). The SMILES string of the molecule is CCOC(=O)CCNC(=O)C1(C)CCCNC1.Cl. The van der Waals surface area contributed by atoms with Crippen molar-refractivity contribution in [2.24, 2.45) is 5.41 Å². The molecule has 6 heteroatoms. The van der Waals surface area contributed by atoms with Crippen LogP contribution in [0.25, 0.3) is 0 Å². The second-order valence-corrected chi connectivity index (χ2v) is 4.65. The molecule has 1 unspecified atom stereocenters. The summed E-state index contributed by atoms with van der Waals surface area (Å²) >= 11 is 0. The van der Waals surface area contributed by atoms with Crippen molar-refractivity contribution in [1.29, 1.82) is 0 Å². The van der Waals surface area contributed by atoms with Crippen LogP contribution in [-0.4, -0.2) is 38.1 Å². The Morgan fingerprint density at radius 3 is 2.72 bits per heavy atom. The van der Waals surface area contributed by atoms with Crippen molar-refractivity contribution in [3.63, 3.8) is 0 Å². The molecule has 0 aliphatic carbocycles. The van der Waals surface area contributed by atoms with Crippen molar-refractivity contribution in [2.75, 3.05) is 26.2 Å². The van der Waals surface area contributed by atoms with Gasteiger partial charge in [0.25, 0.3) is 0 Å². The van der Waals surface area contributed by atoms with E-state index in [0.717, 1.165) is 19.4 Å². The number of carbonyl (C=O) groups is 2. The molecular formula is C12H23ClN2O3. The zero-order valence-corrected chi connectivity index (χ0v) is 11.9. The lowest BCUT2D eigenvalue weighted by Crippen LogP contribution is -2.49. The number of ether oxygens (including phenoxy) is 1. The number of hydrogen-bond donors (Lipinski definition) is 2. The average Bonchev–Trinajstić information content (AvgIpc) is 2.30. The lowest BCUT2D eigenvalue weighted by molar-refractivity contribution is -0.143. The molecule has 0 aromatic heterocycles. The summed E-state index contributed by atoms with van der Waals surface area (Å²) < 4.78 is 4.79. The van der Waals surface area contributed by atoms with Gasteiger partial charge in [0.15, 0.2) is 0 Å². The molecule has 0 bridgehead atoms. The van der Waals surface area contributed by atoms with Crippen molar-refractivity contribution >= 4 is 24.3 Å². The highest BCUT2D eigenvalue weighted by Gasteiger charge is 2.34. The predicted molar refractivity (Wildman–Crippen MR) is 71.7 cm³/mol. The molecule has 1 heterocycles. The third kappa shape index (κ3) is 5.23. The molecule has 0 aromatic rings. The molecule has 1 atom stereocenters. The fraction of sp³-hybridized carbons (Fsp3) is 0.833. The Balaban J connectivity index is 0.00000289. The maximum Gasteiger partial charge on any atom is 0.307 e. The highest BCUT2D eigenvalue weighted by molar-refractivity contribution is 5.85. The monoisotopic (exact) mass is 278 g/mol. The fourth-order valence-corrected chi connectivity index (χ4v) is 1.97. The zero-order valence-electron chi connectivity index (χ0n) is 11.1. The Kier molecular flexibility index (Phi) is 7.95. The standard InChI is InChI=1S/C12H22N2O3.ClH/c1-3-17-10(15)5-8-14-11(16)12(2)6-4-7-13-9-12;/h13H,3-9H2,1-2H3,(H,14,16);1H. The molecule has 1 aliphatic heterocycles. The maximum absolute atomic E-state index is 12.0. The first kappa shape index (κ1) is 17.2. The molecule has 1 aliphatic rings. The number of hydrogen-bond acceptors (Lipinski definition) is 4. The van der Waals surface area contributed by atoms with Gasteiger partial charge in [-0.25, -0.2) is 0 Å². The molecule has 0 saturated carbocycles. The fourth-order valence-electron chi connectivity index (χ4n) is 1.97. The normalized spacial score (nSPS) is 22.8. The molecule has 5 nitrogen and oxygen atoms in total. The Labute approximate surface area is 114 Å². The van der Waals surface area contributed by atoms with E-state index in [9.17, 15) is 9.59 Å². The molecule has 106 valence electrons. The summed E-state index contributed by atoms with van der Waals surface area (Å²) in [5.74, 6) is -0.242. The number of amides is 1. The third-order valence-electron chi connectivity index (χ3n) is 3.07. The van der Waals surface area contributed by atoms with Gasteiger partial charge in [0.1, 0.15) is 0 Å². The zero-order chi connectivity index (χ0) is 12.7. The molecule has 1 amide bonds. The van der Waals surface area contributed by atoms with Crippen LogP contribution in [0, 0.1) is 5.41 Å². The Hall–Kier alpha value is -0.810. The second kappa shape index (κ2) is 8.32. The first-order valence-electron chi connectivity index (χ1n) is 6.23. The summed E-state index contributed by atoms with van der Waals surface area (Å²) in [6.07, 6.45) is 2.15. The number of carbonyl (C=O) groups excluding carboxylic acids is 2. The first-order chi connectivity index (χ1) is 8.08. The van der Waals surface area contributed by atoms with Gasteiger partial charge in [0.2, 0.25) is 5.91 Å². The highest BCUT2D eigenvalue weighted by Crippen LogP contribution is 2.25. The maximum atomic E-state index is 12.0. The molecule has 1 fully saturated rings. The summed E-state index contributed by atoms with van der Waals surface area (Å²) in [4.78, 5) is 23.1. The van der Waals surface area contributed by atoms with Crippen LogP contribution in [0.5, 0.6) is 0 Å². The Morgan fingerprint density at radius 2 is 2.17 bits per heavy atom. The van der Waals surface area contributed by atoms with Gasteiger partial charge >= 0.3 is 5.97 Å².